The minimum atomic E-state index is 0. The van der Waals surface area contributed by atoms with E-state index in [-0.39, 0.29) is 108 Å². The summed E-state index contributed by atoms with van der Waals surface area (Å²) in [6.45, 7) is 0.639. The third-order valence-corrected chi connectivity index (χ3v) is 0.283. The number of rotatable bonds is 2. The Kier molecular flexibility index (Phi) is 389. The van der Waals surface area contributed by atoms with Crippen LogP contribution in [0.25, 0.3) is 16.4 Å². The van der Waals surface area contributed by atoms with Crippen LogP contribution in [0.2, 0.25) is 0 Å². The van der Waals surface area contributed by atoms with E-state index in [9.17, 15) is 0 Å². The second-order valence-corrected chi connectivity index (χ2v) is 1.83. The third-order valence-electron chi connectivity index (χ3n) is 0.283. The van der Waals surface area contributed by atoms with Crippen molar-refractivity contribution in [2.24, 2.45) is 0 Å². The fourth-order valence-corrected chi connectivity index (χ4v) is 0.141. The van der Waals surface area contributed by atoms with Gasteiger partial charge in [0.05, 0.1) is 0 Å². The zero-order valence-corrected chi connectivity index (χ0v) is 21.2. The maximum atomic E-state index is 6.27. The van der Waals surface area contributed by atoms with E-state index in [1.165, 1.54) is 0 Å². The Labute approximate surface area is 160 Å². The minimum absolute atomic E-state index is 0. The maximum Gasteiger partial charge on any atom is 2.00 e. The minimum Gasteiger partial charge on any atom is -0.683 e. The second kappa shape index (κ2) is 90.2. The monoisotopic (exact) mass is 919 g/mol. The second-order valence-electron chi connectivity index (χ2n) is 1.13. The normalized spacial score (nSPS) is 4.20. The molecule has 3 nitrogen and oxygen atoms in total. The van der Waals surface area contributed by atoms with Gasteiger partial charge in [-0.25, -0.2) is 0 Å². The summed E-state index contributed by atoms with van der Waals surface area (Å²) in [5, 5.41) is 7.38. The van der Waals surface area contributed by atoms with Crippen molar-refractivity contribution in [1.29, 1.82) is 0 Å². The molecule has 0 spiro atoms. The van der Waals surface area contributed by atoms with Crippen molar-refractivity contribution in [2.75, 3.05) is 26.9 Å². The van der Waals surface area contributed by atoms with Crippen LogP contribution in [0.4, 0.5) is 0 Å². The SMILES string of the molecule is C.C.C.C[N-]C[N-]C.[2HH].[NH-]C[SiH3].[W+2].[W].[W].[W]. The fourth-order valence-electron chi connectivity index (χ4n) is 0.141. The molecule has 0 aliphatic carbocycles. The molecule has 0 fully saturated rings. The van der Waals surface area contributed by atoms with Crippen LogP contribution in [0.1, 0.15) is 23.7 Å². The van der Waals surface area contributed by atoms with Gasteiger partial charge in [0.25, 0.3) is 0 Å². The Hall–Kier alpha value is 2.85. The van der Waals surface area contributed by atoms with E-state index < -0.39 is 0 Å². The molecule has 0 rings (SSSR count). The van der Waals surface area contributed by atoms with Gasteiger partial charge in [-0.2, -0.15) is 20.3 Å². The van der Waals surface area contributed by atoms with Gasteiger partial charge in [-0.05, 0) is 10.2 Å². The summed E-state index contributed by atoms with van der Waals surface area (Å²) in [4.78, 5) is 0. The standard InChI is InChI=1S/C3H8N2.CH6NSi.3CH4.4W.H2/c1-4-3-5-2;2-1-3;;;;;;;;/h3H2,1-2H3;2H,1H2,3H3;3*1H4;;;;;1H/q-2;-1;;;;;;;+2;/i;;;;;;;;;1+1. The van der Waals surface area contributed by atoms with Gasteiger partial charge in [-0.1, -0.05) is 22.3 Å². The van der Waals surface area contributed by atoms with E-state index in [0.29, 0.717) is 12.8 Å². The predicted molar refractivity (Wildman–Crippen MR) is 64.9 cm³/mol. The number of hydrogen-bond acceptors (Lipinski definition) is 0. The van der Waals surface area contributed by atoms with Crippen molar-refractivity contribution in [3.05, 3.63) is 16.4 Å². The molecule has 0 aromatic carbocycles. The molecular formula is C7H28N3SiW4-. The Bertz CT molecular complexity index is 45.6. The predicted octanol–water partition coefficient (Wildman–Crippen LogP) is 2.46. The Morgan fingerprint density at radius 3 is 1.13 bits per heavy atom. The van der Waals surface area contributed by atoms with E-state index in [4.69, 9.17) is 5.73 Å². The van der Waals surface area contributed by atoms with E-state index in [1.54, 1.807) is 14.1 Å². The van der Waals surface area contributed by atoms with Crippen LogP contribution < -0.4 is 0 Å². The molecule has 0 bridgehead atoms. The third kappa shape index (κ3) is 158. The van der Waals surface area contributed by atoms with Crippen molar-refractivity contribution < 1.29 is 85.7 Å². The van der Waals surface area contributed by atoms with Crippen molar-refractivity contribution >= 4 is 10.2 Å². The van der Waals surface area contributed by atoms with Gasteiger partial charge in [0.2, 0.25) is 0 Å². The largest absolute Gasteiger partial charge is 2.00 e. The molecule has 0 heterocycles. The fraction of sp³-hybridized carbons (Fsp3) is 1.00. The van der Waals surface area contributed by atoms with Crippen LogP contribution in [0, 0.1) is 0 Å². The van der Waals surface area contributed by atoms with Crippen molar-refractivity contribution in [3.8, 4) is 0 Å². The summed E-state index contributed by atoms with van der Waals surface area (Å²) in [6.07, 6.45) is 0.639. The van der Waals surface area contributed by atoms with Crippen LogP contribution in [0.3, 0.4) is 0 Å². The molecular weight excluding hydrogens is 890 g/mol. The van der Waals surface area contributed by atoms with Gasteiger partial charge in [-0.3, -0.25) is 6.67 Å². The van der Waals surface area contributed by atoms with Gasteiger partial charge in [0.1, 0.15) is 0 Å². The van der Waals surface area contributed by atoms with Crippen LogP contribution in [0.15, 0.2) is 0 Å². The average Bonchev–Trinajstić information content (AvgIpc) is 1.71. The van der Waals surface area contributed by atoms with Crippen LogP contribution in [-0.2, 0) is 84.3 Å². The quantitative estimate of drug-likeness (QED) is 0.383. The summed E-state index contributed by atoms with van der Waals surface area (Å²) >= 11 is 0. The van der Waals surface area contributed by atoms with E-state index in [1.807, 2.05) is 0 Å². The maximum absolute atomic E-state index is 6.27. The molecule has 0 aromatic heterocycles. The summed E-state index contributed by atoms with van der Waals surface area (Å²) in [7, 11) is 4.52. The zero-order valence-electron chi connectivity index (χ0n) is 7.44. The topological polar surface area (TPSA) is 52.0 Å². The zero-order chi connectivity index (χ0) is 6.83. The molecule has 1 N–H and O–H groups in total. The van der Waals surface area contributed by atoms with E-state index >= 15 is 0 Å². The molecule has 0 atom stereocenters. The van der Waals surface area contributed by atoms with Crippen molar-refractivity contribution in [2.45, 2.75) is 22.3 Å². The van der Waals surface area contributed by atoms with Gasteiger partial charge in [-0.15, -0.1) is 0 Å². The first kappa shape index (κ1) is 64.7. The first-order valence-corrected chi connectivity index (χ1v) is 4.00. The smallest absolute Gasteiger partial charge is 0.683 e. The molecule has 0 saturated heterocycles. The molecule has 100 valence electrons. The molecule has 0 saturated carbocycles. The molecule has 0 aliphatic rings. The summed E-state index contributed by atoms with van der Waals surface area (Å²) in [5.74, 6) is 0. The van der Waals surface area contributed by atoms with Gasteiger partial charge in [0.15, 0.2) is 0 Å². The summed E-state index contributed by atoms with van der Waals surface area (Å²) in [5.41, 5.74) is 6.27. The van der Waals surface area contributed by atoms with E-state index in [0.717, 1.165) is 10.2 Å². The van der Waals surface area contributed by atoms with Crippen LogP contribution in [0.5, 0.6) is 0 Å². The van der Waals surface area contributed by atoms with E-state index in [2.05, 4.69) is 10.6 Å². The molecule has 15 heavy (non-hydrogen) atoms. The van der Waals surface area contributed by atoms with Gasteiger partial charge in [0, 0.05) is 64.6 Å². The number of nitrogens with one attached hydrogen (secondary N) is 1. The molecule has 0 radical (unpaired) electrons. The first-order chi connectivity index (χ1) is 3.83. The summed E-state index contributed by atoms with van der Waals surface area (Å²) in [6, 6.07) is 0. The number of hydrogen-bond donors (Lipinski definition) is 0. The van der Waals surface area contributed by atoms with Gasteiger partial charge < -0.3 is 16.4 Å². The molecule has 0 unspecified atom stereocenters. The molecule has 8 heteroatoms. The van der Waals surface area contributed by atoms with Crippen molar-refractivity contribution in [3.63, 3.8) is 0 Å². The molecule has 0 aromatic rings. The van der Waals surface area contributed by atoms with Crippen LogP contribution in [-0.4, -0.2) is 37.2 Å². The summed E-state index contributed by atoms with van der Waals surface area (Å²) < 4.78 is 0. The Morgan fingerprint density at radius 1 is 1.00 bits per heavy atom. The Morgan fingerprint density at radius 2 is 1.13 bits per heavy atom. The van der Waals surface area contributed by atoms with Crippen LogP contribution >= 0.6 is 0 Å². The van der Waals surface area contributed by atoms with Crippen molar-refractivity contribution in [1.82, 2.24) is 0 Å². The average molecular weight is 919 g/mol. The number of nitrogens with zero attached hydrogens (tertiary/aromatic N) is 2. The van der Waals surface area contributed by atoms with Gasteiger partial charge >= 0.3 is 21.1 Å². The molecule has 0 amide bonds. The Balaban J connectivity index is -0.00000000388. The molecule has 0 aliphatic heterocycles. The first-order valence-electron chi connectivity index (χ1n) is 2.59.